The quantitative estimate of drug-likeness (QED) is 0.299. The topological polar surface area (TPSA) is 24.4 Å². The zero-order valence-electron chi connectivity index (χ0n) is 10.1. The van der Waals surface area contributed by atoms with Gasteiger partial charge in [-0.25, -0.2) is 0 Å². The van der Waals surface area contributed by atoms with Crippen LogP contribution >= 0.6 is 0 Å². The second-order valence-corrected chi connectivity index (χ2v) is 4.57. The molecular formula is C12H24N2. The standard InChI is InChI=1S/C12H24N2/c1-6-8-9-10-11(7-2)13-14-12(3,4)5/h6,14H,1,7-10H2,2-5H3/b13-11+. The third kappa shape index (κ3) is 7.84. The van der Waals surface area contributed by atoms with Crippen LogP contribution in [0.3, 0.4) is 0 Å². The molecule has 0 aromatic heterocycles. The Kier molecular flexibility index (Phi) is 6.26. The lowest BCUT2D eigenvalue weighted by atomic mass is 10.1. The van der Waals surface area contributed by atoms with Gasteiger partial charge in [-0.05, 0) is 46.5 Å². The molecule has 0 radical (unpaired) electrons. The summed E-state index contributed by atoms with van der Waals surface area (Å²) in [7, 11) is 0. The van der Waals surface area contributed by atoms with Gasteiger partial charge in [0.05, 0.1) is 0 Å². The molecule has 14 heavy (non-hydrogen) atoms. The van der Waals surface area contributed by atoms with Gasteiger partial charge in [-0.15, -0.1) is 6.58 Å². The normalized spacial score (nSPS) is 12.7. The van der Waals surface area contributed by atoms with Gasteiger partial charge in [0.2, 0.25) is 0 Å². The summed E-state index contributed by atoms with van der Waals surface area (Å²) in [5.74, 6) is 0. The van der Waals surface area contributed by atoms with Gasteiger partial charge in [-0.2, -0.15) is 5.10 Å². The largest absolute Gasteiger partial charge is 0.305 e. The van der Waals surface area contributed by atoms with Gasteiger partial charge < -0.3 is 5.43 Å². The minimum Gasteiger partial charge on any atom is -0.305 e. The molecule has 0 amide bonds. The Balaban J connectivity index is 3.92. The van der Waals surface area contributed by atoms with Crippen LogP contribution < -0.4 is 5.43 Å². The fourth-order valence-corrected chi connectivity index (χ4v) is 1.01. The van der Waals surface area contributed by atoms with Crippen LogP contribution in [-0.2, 0) is 0 Å². The average Bonchev–Trinajstić information content (AvgIpc) is 2.09. The predicted molar refractivity (Wildman–Crippen MR) is 64.7 cm³/mol. The molecule has 0 aliphatic heterocycles. The minimum atomic E-state index is 0.0683. The third-order valence-electron chi connectivity index (χ3n) is 1.83. The SMILES string of the molecule is C=CCCC/C(CC)=N/NC(C)(C)C. The van der Waals surface area contributed by atoms with Crippen molar-refractivity contribution in [2.75, 3.05) is 0 Å². The maximum Gasteiger partial charge on any atom is 0.0464 e. The zero-order valence-corrected chi connectivity index (χ0v) is 10.1. The molecule has 0 spiro atoms. The number of hydrogen-bond donors (Lipinski definition) is 1. The molecule has 1 N–H and O–H groups in total. The van der Waals surface area contributed by atoms with Gasteiger partial charge in [-0.3, -0.25) is 0 Å². The lowest BCUT2D eigenvalue weighted by Crippen LogP contribution is -2.32. The van der Waals surface area contributed by atoms with Crippen LogP contribution in [-0.4, -0.2) is 11.3 Å². The van der Waals surface area contributed by atoms with Crippen LogP contribution in [0.1, 0.15) is 53.4 Å². The van der Waals surface area contributed by atoms with Gasteiger partial charge in [0.25, 0.3) is 0 Å². The summed E-state index contributed by atoms with van der Waals surface area (Å²) in [6, 6.07) is 0. The smallest absolute Gasteiger partial charge is 0.0464 e. The zero-order chi connectivity index (χ0) is 11.0. The second kappa shape index (κ2) is 6.63. The molecule has 2 nitrogen and oxygen atoms in total. The summed E-state index contributed by atoms with van der Waals surface area (Å²) in [4.78, 5) is 0. The van der Waals surface area contributed by atoms with E-state index in [0.29, 0.717) is 0 Å². The number of nitrogens with one attached hydrogen (secondary N) is 1. The second-order valence-electron chi connectivity index (χ2n) is 4.57. The van der Waals surface area contributed by atoms with E-state index in [-0.39, 0.29) is 5.54 Å². The van der Waals surface area contributed by atoms with Crippen LogP contribution in [0.15, 0.2) is 17.8 Å². The van der Waals surface area contributed by atoms with Crippen molar-refractivity contribution in [2.45, 2.75) is 58.9 Å². The molecule has 0 atom stereocenters. The van der Waals surface area contributed by atoms with E-state index in [9.17, 15) is 0 Å². The van der Waals surface area contributed by atoms with Crippen molar-refractivity contribution in [2.24, 2.45) is 5.10 Å². The first-order valence-electron chi connectivity index (χ1n) is 5.43. The average molecular weight is 196 g/mol. The van der Waals surface area contributed by atoms with E-state index in [2.05, 4.69) is 44.8 Å². The van der Waals surface area contributed by atoms with Crippen molar-refractivity contribution in [3.8, 4) is 0 Å². The molecule has 82 valence electrons. The molecule has 0 aliphatic carbocycles. The van der Waals surface area contributed by atoms with Crippen LogP contribution in [0.4, 0.5) is 0 Å². The highest BCUT2D eigenvalue weighted by atomic mass is 15.3. The molecule has 0 saturated heterocycles. The lowest BCUT2D eigenvalue weighted by molar-refractivity contribution is 0.439. The van der Waals surface area contributed by atoms with Crippen molar-refractivity contribution in [3.05, 3.63) is 12.7 Å². The summed E-state index contributed by atoms with van der Waals surface area (Å²) in [6.45, 7) is 12.2. The summed E-state index contributed by atoms with van der Waals surface area (Å²) < 4.78 is 0. The van der Waals surface area contributed by atoms with Gasteiger partial charge in [0, 0.05) is 11.3 Å². The Hall–Kier alpha value is -0.790. The van der Waals surface area contributed by atoms with Gasteiger partial charge >= 0.3 is 0 Å². The van der Waals surface area contributed by atoms with Crippen molar-refractivity contribution < 1.29 is 0 Å². The summed E-state index contributed by atoms with van der Waals surface area (Å²) in [5, 5.41) is 4.42. The minimum absolute atomic E-state index is 0.0683. The first kappa shape index (κ1) is 13.2. The van der Waals surface area contributed by atoms with Crippen LogP contribution in [0.25, 0.3) is 0 Å². The number of nitrogens with zero attached hydrogens (tertiary/aromatic N) is 1. The highest BCUT2D eigenvalue weighted by Crippen LogP contribution is 2.03. The van der Waals surface area contributed by atoms with Crippen molar-refractivity contribution in [3.63, 3.8) is 0 Å². The Bertz CT molecular complexity index is 187. The van der Waals surface area contributed by atoms with E-state index < -0.39 is 0 Å². The molecule has 0 aromatic rings. The molecule has 0 rings (SSSR count). The number of hydrazone groups is 1. The molecule has 0 aliphatic rings. The van der Waals surface area contributed by atoms with E-state index in [1.165, 1.54) is 5.71 Å². The Morgan fingerprint density at radius 3 is 2.50 bits per heavy atom. The number of unbranched alkanes of at least 4 members (excludes halogenated alkanes) is 1. The van der Waals surface area contributed by atoms with Gasteiger partial charge in [0.1, 0.15) is 0 Å². The molecule has 0 fully saturated rings. The Labute approximate surface area is 88.5 Å². The van der Waals surface area contributed by atoms with E-state index in [0.717, 1.165) is 25.7 Å². The maximum atomic E-state index is 4.42. The molecule has 0 bridgehead atoms. The van der Waals surface area contributed by atoms with E-state index in [1.807, 2.05) is 6.08 Å². The summed E-state index contributed by atoms with van der Waals surface area (Å²) >= 11 is 0. The Morgan fingerprint density at radius 2 is 2.07 bits per heavy atom. The van der Waals surface area contributed by atoms with Crippen LogP contribution in [0.5, 0.6) is 0 Å². The predicted octanol–water partition coefficient (Wildman–Crippen LogP) is 3.50. The number of allylic oxidation sites excluding steroid dienone is 1. The highest BCUT2D eigenvalue weighted by Gasteiger charge is 2.07. The monoisotopic (exact) mass is 196 g/mol. The summed E-state index contributed by atoms with van der Waals surface area (Å²) in [5.41, 5.74) is 4.48. The molecule has 0 aromatic carbocycles. The van der Waals surface area contributed by atoms with Crippen molar-refractivity contribution in [1.29, 1.82) is 0 Å². The third-order valence-corrected chi connectivity index (χ3v) is 1.83. The fourth-order valence-electron chi connectivity index (χ4n) is 1.01. The molecule has 0 unspecified atom stereocenters. The van der Waals surface area contributed by atoms with Crippen molar-refractivity contribution >= 4 is 5.71 Å². The van der Waals surface area contributed by atoms with E-state index in [4.69, 9.17) is 0 Å². The van der Waals surface area contributed by atoms with E-state index >= 15 is 0 Å². The Morgan fingerprint density at radius 1 is 1.43 bits per heavy atom. The first-order valence-corrected chi connectivity index (χ1v) is 5.43. The number of hydrogen-bond acceptors (Lipinski definition) is 2. The molecular weight excluding hydrogens is 172 g/mol. The highest BCUT2D eigenvalue weighted by molar-refractivity contribution is 5.83. The molecule has 2 heteroatoms. The fraction of sp³-hybridized carbons (Fsp3) is 0.750. The first-order chi connectivity index (χ1) is 6.49. The lowest BCUT2D eigenvalue weighted by Gasteiger charge is -2.18. The number of rotatable bonds is 6. The summed E-state index contributed by atoms with van der Waals surface area (Å²) in [6.07, 6.45) is 6.30. The van der Waals surface area contributed by atoms with E-state index in [1.54, 1.807) is 0 Å². The van der Waals surface area contributed by atoms with Gasteiger partial charge in [0.15, 0.2) is 0 Å². The van der Waals surface area contributed by atoms with Crippen molar-refractivity contribution in [1.82, 2.24) is 5.43 Å². The van der Waals surface area contributed by atoms with Crippen LogP contribution in [0, 0.1) is 0 Å². The molecule has 0 saturated carbocycles. The van der Waals surface area contributed by atoms with Crippen LogP contribution in [0.2, 0.25) is 0 Å². The van der Waals surface area contributed by atoms with Gasteiger partial charge in [-0.1, -0.05) is 13.0 Å². The maximum absolute atomic E-state index is 4.42. The molecule has 0 heterocycles.